The Balaban J connectivity index is 0.000000396. The molecule has 0 unspecified atom stereocenters. The number of benzene rings is 1. The maximum absolute atomic E-state index is 6.97. The van der Waals surface area contributed by atoms with Crippen LogP contribution in [0.3, 0.4) is 0 Å². The first-order valence-corrected chi connectivity index (χ1v) is 4.99. The van der Waals surface area contributed by atoms with Crippen molar-refractivity contribution in [2.24, 2.45) is 0 Å². The van der Waals surface area contributed by atoms with Crippen LogP contribution in [-0.2, 0) is 6.42 Å². The molecule has 0 aliphatic carbocycles. The molecule has 0 aliphatic rings. The van der Waals surface area contributed by atoms with Gasteiger partial charge in [-0.15, -0.1) is 0 Å². The van der Waals surface area contributed by atoms with E-state index in [1.165, 1.54) is 10.9 Å². The number of hydrogen-bond donors (Lipinski definition) is 1. The van der Waals surface area contributed by atoms with Crippen molar-refractivity contribution in [1.82, 2.24) is 0 Å². The molecular formula is C10H11IO2. The van der Waals surface area contributed by atoms with E-state index in [9.17, 15) is 0 Å². The predicted octanol–water partition coefficient (Wildman–Crippen LogP) is 3.32. The monoisotopic (exact) mass is 290 g/mol. The van der Waals surface area contributed by atoms with E-state index < -0.39 is 0 Å². The third-order valence-corrected chi connectivity index (χ3v) is 1.93. The molecule has 0 saturated carbocycles. The van der Waals surface area contributed by atoms with Gasteiger partial charge in [0, 0.05) is 5.39 Å². The summed E-state index contributed by atoms with van der Waals surface area (Å²) >= 11 is 1.15. The van der Waals surface area contributed by atoms with E-state index in [4.69, 9.17) is 7.85 Å². The second-order valence-electron chi connectivity index (χ2n) is 2.65. The van der Waals surface area contributed by atoms with Crippen molar-refractivity contribution in [3.63, 3.8) is 0 Å². The van der Waals surface area contributed by atoms with Gasteiger partial charge in [-0.1, -0.05) is 19.1 Å². The highest BCUT2D eigenvalue weighted by atomic mass is 127. The predicted molar refractivity (Wildman–Crippen MR) is 61.8 cm³/mol. The van der Waals surface area contributed by atoms with Crippen LogP contribution in [-0.4, -0.2) is 3.44 Å². The van der Waals surface area contributed by atoms with Crippen LogP contribution in [0.25, 0.3) is 11.0 Å². The average molecular weight is 290 g/mol. The third kappa shape index (κ3) is 2.45. The zero-order valence-electron chi connectivity index (χ0n) is 7.33. The first kappa shape index (κ1) is 10.5. The molecule has 0 amide bonds. The van der Waals surface area contributed by atoms with Crippen LogP contribution in [0.2, 0.25) is 0 Å². The van der Waals surface area contributed by atoms with E-state index in [2.05, 4.69) is 25.1 Å². The molecule has 70 valence electrons. The second-order valence-corrected chi connectivity index (χ2v) is 2.65. The minimum Gasteiger partial charge on any atom is -0.464 e. The van der Waals surface area contributed by atoms with Crippen molar-refractivity contribution < 1.29 is 7.85 Å². The van der Waals surface area contributed by atoms with Gasteiger partial charge in [-0.2, -0.15) is 0 Å². The molecule has 2 rings (SSSR count). The van der Waals surface area contributed by atoms with Crippen molar-refractivity contribution in [2.75, 3.05) is 0 Å². The summed E-state index contributed by atoms with van der Waals surface area (Å²) in [6.07, 6.45) is 2.79. The number of furan rings is 1. The van der Waals surface area contributed by atoms with E-state index in [0.717, 1.165) is 35.0 Å². The Hall–Kier alpha value is -0.550. The number of fused-ring (bicyclic) bond motifs is 1. The maximum Gasteiger partial charge on any atom is 0.134 e. The number of hydrogen-bond acceptors (Lipinski definition) is 2. The van der Waals surface area contributed by atoms with Gasteiger partial charge in [-0.25, -0.2) is 0 Å². The fourth-order valence-corrected chi connectivity index (χ4v) is 1.22. The normalized spacial score (nSPS) is 9.46. The van der Waals surface area contributed by atoms with Crippen LogP contribution in [0, 0.1) is 0 Å². The van der Waals surface area contributed by atoms with Gasteiger partial charge >= 0.3 is 0 Å². The van der Waals surface area contributed by atoms with Gasteiger partial charge in [0.25, 0.3) is 0 Å². The van der Waals surface area contributed by atoms with Crippen molar-refractivity contribution in [1.29, 1.82) is 0 Å². The lowest BCUT2D eigenvalue weighted by Crippen LogP contribution is -1.76. The fourth-order valence-electron chi connectivity index (χ4n) is 1.22. The van der Waals surface area contributed by atoms with Crippen LogP contribution in [0.4, 0.5) is 0 Å². The Morgan fingerprint density at radius 3 is 2.77 bits per heavy atom. The van der Waals surface area contributed by atoms with Crippen molar-refractivity contribution in [3.05, 3.63) is 36.1 Å². The second kappa shape index (κ2) is 5.24. The molecule has 0 fully saturated rings. The largest absolute Gasteiger partial charge is 0.464 e. The summed E-state index contributed by atoms with van der Waals surface area (Å²) < 4.78 is 12.2. The lowest BCUT2D eigenvalue weighted by molar-refractivity contribution is 0.615. The fraction of sp³-hybridized carbons (Fsp3) is 0.200. The summed E-state index contributed by atoms with van der Waals surface area (Å²) in [7, 11) is 0. The zero-order chi connectivity index (χ0) is 9.68. The molecule has 1 heterocycles. The number of halogens is 1. The standard InChI is InChI=1S/C10H10O.HIO/c1-2-8-3-4-9-5-6-11-10(9)7-8;1-2/h3-7H,2H2,1H3;2H. The molecule has 2 nitrogen and oxygen atoms in total. The number of rotatable bonds is 1. The SMILES string of the molecule is CCc1ccc2ccoc2c1.OI. The van der Waals surface area contributed by atoms with E-state index in [0.29, 0.717) is 0 Å². The van der Waals surface area contributed by atoms with E-state index >= 15 is 0 Å². The molecule has 3 heteroatoms. The van der Waals surface area contributed by atoms with Gasteiger partial charge in [0.2, 0.25) is 0 Å². The van der Waals surface area contributed by atoms with Crippen LogP contribution in [0.15, 0.2) is 34.9 Å². The van der Waals surface area contributed by atoms with E-state index in [1.807, 2.05) is 6.07 Å². The topological polar surface area (TPSA) is 33.4 Å². The van der Waals surface area contributed by atoms with Crippen LogP contribution in [0.1, 0.15) is 12.5 Å². The highest BCUT2D eigenvalue weighted by Gasteiger charge is 1.95. The molecule has 1 aromatic heterocycles. The van der Waals surface area contributed by atoms with Crippen LogP contribution < -0.4 is 0 Å². The molecule has 0 spiro atoms. The highest BCUT2D eigenvalue weighted by molar-refractivity contribution is 14.1. The molecule has 1 N–H and O–H groups in total. The summed E-state index contributed by atoms with van der Waals surface area (Å²) in [5.41, 5.74) is 2.32. The summed E-state index contributed by atoms with van der Waals surface area (Å²) in [5.74, 6) is 0. The third-order valence-electron chi connectivity index (χ3n) is 1.93. The zero-order valence-corrected chi connectivity index (χ0v) is 9.48. The maximum atomic E-state index is 6.97. The van der Waals surface area contributed by atoms with Gasteiger partial charge in [-0.05, 0) is 24.1 Å². The van der Waals surface area contributed by atoms with Crippen molar-refractivity contribution in [3.8, 4) is 0 Å². The van der Waals surface area contributed by atoms with E-state index in [-0.39, 0.29) is 0 Å². The summed E-state index contributed by atoms with van der Waals surface area (Å²) in [6, 6.07) is 8.31. The Morgan fingerprint density at radius 1 is 1.31 bits per heavy atom. The number of aryl methyl sites for hydroxylation is 1. The Morgan fingerprint density at radius 2 is 2.08 bits per heavy atom. The summed E-state index contributed by atoms with van der Waals surface area (Å²) in [5, 5.41) is 1.18. The Bertz CT molecular complexity index is 368. The molecule has 0 atom stereocenters. The first-order chi connectivity index (χ1) is 6.40. The van der Waals surface area contributed by atoms with Gasteiger partial charge in [0.05, 0.1) is 6.26 Å². The summed E-state index contributed by atoms with van der Waals surface area (Å²) in [6.45, 7) is 2.14. The van der Waals surface area contributed by atoms with Crippen molar-refractivity contribution >= 4 is 34.0 Å². The average Bonchev–Trinajstić information content (AvgIpc) is 2.67. The molecule has 2 aromatic rings. The van der Waals surface area contributed by atoms with Crippen LogP contribution in [0.5, 0.6) is 0 Å². The van der Waals surface area contributed by atoms with Crippen LogP contribution >= 0.6 is 23.0 Å². The minimum atomic E-state index is 0.990. The lowest BCUT2D eigenvalue weighted by Gasteiger charge is -1.93. The molecule has 0 bridgehead atoms. The quantitative estimate of drug-likeness (QED) is 0.817. The summed E-state index contributed by atoms with van der Waals surface area (Å²) in [4.78, 5) is 0. The Labute approximate surface area is 91.3 Å². The lowest BCUT2D eigenvalue weighted by atomic mass is 10.1. The van der Waals surface area contributed by atoms with Gasteiger partial charge in [0.1, 0.15) is 28.6 Å². The molecule has 0 aliphatic heterocycles. The molecule has 0 radical (unpaired) electrons. The smallest absolute Gasteiger partial charge is 0.134 e. The Kier molecular flexibility index (Phi) is 4.24. The minimum absolute atomic E-state index is 0.990. The molecule has 1 aromatic carbocycles. The molecule has 0 saturated heterocycles. The van der Waals surface area contributed by atoms with Gasteiger partial charge in [0.15, 0.2) is 0 Å². The van der Waals surface area contributed by atoms with Crippen molar-refractivity contribution in [2.45, 2.75) is 13.3 Å². The molecular weight excluding hydrogens is 279 g/mol. The van der Waals surface area contributed by atoms with Gasteiger partial charge < -0.3 is 7.85 Å². The highest BCUT2D eigenvalue weighted by Crippen LogP contribution is 2.16. The van der Waals surface area contributed by atoms with E-state index in [1.54, 1.807) is 6.26 Å². The first-order valence-electron chi connectivity index (χ1n) is 4.03. The molecule has 13 heavy (non-hydrogen) atoms. The van der Waals surface area contributed by atoms with Gasteiger partial charge in [-0.3, -0.25) is 0 Å².